The van der Waals surface area contributed by atoms with Crippen molar-refractivity contribution in [2.24, 2.45) is 58.2 Å². The quantitative estimate of drug-likeness (QED) is 0.626. The third-order valence-corrected chi connectivity index (χ3v) is 6.34. The fourth-order valence-corrected chi connectivity index (χ4v) is 6.40. The van der Waals surface area contributed by atoms with Crippen LogP contribution in [0.25, 0.3) is 0 Å². The maximum Gasteiger partial charge on any atom is 0.332 e. The summed E-state index contributed by atoms with van der Waals surface area (Å²) >= 11 is 0. The molecule has 16 heavy (non-hydrogen) atoms. The Bertz CT molecular complexity index is 440. The smallest absolute Gasteiger partial charge is 0.332 e. The Morgan fingerprint density at radius 1 is 1.12 bits per heavy atom. The van der Waals surface area contributed by atoms with Crippen LogP contribution >= 0.6 is 0 Å². The van der Waals surface area contributed by atoms with Gasteiger partial charge in [-0.3, -0.25) is 0 Å². The van der Waals surface area contributed by atoms with Crippen molar-refractivity contribution in [2.75, 3.05) is 0 Å². The predicted molar refractivity (Wildman–Crippen MR) is 57.3 cm³/mol. The number of nitrogens with zero attached hydrogens (tertiary/aromatic N) is 1. The van der Waals surface area contributed by atoms with Gasteiger partial charge in [0.2, 0.25) is 0 Å². The van der Waals surface area contributed by atoms with Gasteiger partial charge in [-0.05, 0) is 48.3 Å². The monoisotopic (exact) mass is 217 g/mol. The van der Waals surface area contributed by atoms with Crippen molar-refractivity contribution in [3.05, 3.63) is 0 Å². The topological polar surface area (TPSA) is 67.5 Å². The molecule has 0 aliphatic heterocycles. The number of hydrogen-bond acceptors (Lipinski definition) is 2. The minimum Gasteiger partial charge on any atom is -0.350 e. The Labute approximate surface area is 93.6 Å². The van der Waals surface area contributed by atoms with Crippen LogP contribution in [-0.2, 0) is 0 Å². The highest BCUT2D eigenvalue weighted by atomic mass is 16.2. The number of rotatable bonds is 1. The number of nitrogens with two attached hydrogens (primary N) is 1. The van der Waals surface area contributed by atoms with E-state index in [2.05, 4.69) is 10.5 Å². The van der Waals surface area contributed by atoms with Crippen molar-refractivity contribution in [3.8, 4) is 0 Å². The predicted octanol–water partition coefficient (Wildman–Crippen LogP) is 0.788. The van der Waals surface area contributed by atoms with Gasteiger partial charge in [0.1, 0.15) is 0 Å². The summed E-state index contributed by atoms with van der Waals surface area (Å²) in [6.07, 6.45) is 2.90. The zero-order chi connectivity index (χ0) is 10.6. The second-order valence-corrected chi connectivity index (χ2v) is 6.35. The van der Waals surface area contributed by atoms with Gasteiger partial charge in [0.05, 0.1) is 0 Å². The first-order valence-electron chi connectivity index (χ1n) is 6.40. The molecule has 0 aromatic heterocycles. The largest absolute Gasteiger partial charge is 0.350 e. The fraction of sp³-hybridized carbons (Fsp3) is 0.833. The molecule has 0 aromatic rings. The van der Waals surface area contributed by atoms with E-state index in [9.17, 15) is 4.79 Å². The normalized spacial score (nSPS) is 64.4. The van der Waals surface area contributed by atoms with Gasteiger partial charge < -0.3 is 5.73 Å². The standard InChI is InChI=1S/C12H15N3O/c13-12(16)15-14-11-8-4-2-5-7-3(4)1-6(8)9(7)10(5)11/h3-10H,1-2H2,(H3,13,15,16)/b14-11-/t3-,4+,5-,6+,7-,8-,9+,10+/m1/s1. The van der Waals surface area contributed by atoms with E-state index in [-0.39, 0.29) is 0 Å². The first-order chi connectivity index (χ1) is 7.77. The minimum absolute atomic E-state index is 0.522. The van der Waals surface area contributed by atoms with E-state index >= 15 is 0 Å². The molecule has 5 aliphatic rings. The maximum atomic E-state index is 10.8. The van der Waals surface area contributed by atoms with Crippen molar-refractivity contribution in [3.63, 3.8) is 0 Å². The summed E-state index contributed by atoms with van der Waals surface area (Å²) in [6, 6.07) is -0.522. The number of urea groups is 1. The molecule has 5 aliphatic carbocycles. The van der Waals surface area contributed by atoms with E-state index in [1.165, 1.54) is 18.6 Å². The molecule has 4 nitrogen and oxygen atoms in total. The number of fused-ring (bicyclic) bond motifs is 2. The molecule has 4 heteroatoms. The number of carbonyl (C=O) groups excluding carboxylic acids is 1. The summed E-state index contributed by atoms with van der Waals surface area (Å²) in [5.41, 5.74) is 8.87. The third-order valence-electron chi connectivity index (χ3n) is 6.34. The molecule has 0 saturated heterocycles. The van der Waals surface area contributed by atoms with Crippen molar-refractivity contribution < 1.29 is 4.79 Å². The molecular weight excluding hydrogens is 202 g/mol. The van der Waals surface area contributed by atoms with Crippen LogP contribution < -0.4 is 11.2 Å². The zero-order valence-electron chi connectivity index (χ0n) is 8.97. The molecule has 5 saturated carbocycles. The third kappa shape index (κ3) is 0.590. The summed E-state index contributed by atoms with van der Waals surface area (Å²) in [5, 5.41) is 4.33. The molecule has 8 atom stereocenters. The summed E-state index contributed by atoms with van der Waals surface area (Å²) in [6.45, 7) is 0. The lowest BCUT2D eigenvalue weighted by Crippen LogP contribution is -2.44. The van der Waals surface area contributed by atoms with Crippen LogP contribution in [0.2, 0.25) is 0 Å². The van der Waals surface area contributed by atoms with E-state index in [1.807, 2.05) is 0 Å². The Hall–Kier alpha value is -1.06. The van der Waals surface area contributed by atoms with Gasteiger partial charge in [-0.1, -0.05) is 0 Å². The van der Waals surface area contributed by atoms with Gasteiger partial charge in [-0.25, -0.2) is 10.2 Å². The van der Waals surface area contributed by atoms with Crippen LogP contribution in [0.3, 0.4) is 0 Å². The van der Waals surface area contributed by atoms with E-state index in [4.69, 9.17) is 5.73 Å². The van der Waals surface area contributed by atoms with Crippen LogP contribution in [0, 0.1) is 47.3 Å². The highest BCUT2D eigenvalue weighted by molar-refractivity contribution is 5.96. The molecule has 3 N–H and O–H groups in total. The zero-order valence-corrected chi connectivity index (χ0v) is 8.97. The SMILES string of the molecule is NC(=O)N/N=C1/[C@@H]2[C@H]3C[C@H]4[C@H]1[C@H]1[C@H]2C[C@H]3[C@H]41. The molecule has 5 fully saturated rings. The van der Waals surface area contributed by atoms with Gasteiger partial charge in [0.15, 0.2) is 0 Å². The van der Waals surface area contributed by atoms with E-state index in [1.54, 1.807) is 0 Å². The highest BCUT2D eigenvalue weighted by Gasteiger charge is 2.79. The molecule has 0 heterocycles. The summed E-state index contributed by atoms with van der Waals surface area (Å²) in [4.78, 5) is 10.8. The molecule has 5 rings (SSSR count). The molecule has 84 valence electrons. The van der Waals surface area contributed by atoms with Crippen LogP contribution in [-0.4, -0.2) is 11.7 Å². The van der Waals surface area contributed by atoms with Crippen LogP contribution in [0.4, 0.5) is 4.79 Å². The average molecular weight is 217 g/mol. The van der Waals surface area contributed by atoms with Gasteiger partial charge in [-0.2, -0.15) is 5.10 Å². The molecule has 0 radical (unpaired) electrons. The van der Waals surface area contributed by atoms with Gasteiger partial charge >= 0.3 is 6.03 Å². The number of carbonyl (C=O) groups is 1. The van der Waals surface area contributed by atoms with Crippen LogP contribution in [0.15, 0.2) is 5.10 Å². The molecule has 0 unspecified atom stereocenters. The van der Waals surface area contributed by atoms with Crippen molar-refractivity contribution in [2.45, 2.75) is 12.8 Å². The Morgan fingerprint density at radius 3 is 2.69 bits per heavy atom. The molecule has 0 spiro atoms. The minimum atomic E-state index is -0.522. The highest BCUT2D eigenvalue weighted by Crippen LogP contribution is 2.81. The van der Waals surface area contributed by atoms with E-state index in [0.29, 0.717) is 5.92 Å². The number of amides is 2. The van der Waals surface area contributed by atoms with Crippen molar-refractivity contribution in [1.82, 2.24) is 5.43 Å². The number of nitrogens with one attached hydrogen (secondary N) is 1. The average Bonchev–Trinajstić information content (AvgIpc) is 2.72. The molecular formula is C12H15N3O. The lowest BCUT2D eigenvalue weighted by atomic mass is 9.59. The Morgan fingerprint density at radius 2 is 1.88 bits per heavy atom. The number of hydrazone groups is 1. The first kappa shape index (κ1) is 8.09. The van der Waals surface area contributed by atoms with Crippen LogP contribution in [0.5, 0.6) is 0 Å². The lowest BCUT2D eigenvalue weighted by Gasteiger charge is -2.44. The second kappa shape index (κ2) is 2.15. The van der Waals surface area contributed by atoms with Gasteiger partial charge in [0, 0.05) is 17.5 Å². The molecule has 0 aromatic carbocycles. The van der Waals surface area contributed by atoms with E-state index < -0.39 is 6.03 Å². The summed E-state index contributed by atoms with van der Waals surface area (Å²) in [5.74, 6) is 7.16. The Balaban J connectivity index is 1.60. The number of hydrogen-bond donors (Lipinski definition) is 2. The summed E-state index contributed by atoms with van der Waals surface area (Å²) in [7, 11) is 0. The summed E-state index contributed by atoms with van der Waals surface area (Å²) < 4.78 is 0. The number of primary amides is 1. The van der Waals surface area contributed by atoms with Crippen LogP contribution in [0.1, 0.15) is 12.8 Å². The Kier molecular flexibility index (Phi) is 1.09. The van der Waals surface area contributed by atoms with Gasteiger partial charge in [0.25, 0.3) is 0 Å². The van der Waals surface area contributed by atoms with Gasteiger partial charge in [-0.15, -0.1) is 0 Å². The second-order valence-electron chi connectivity index (χ2n) is 6.35. The first-order valence-corrected chi connectivity index (χ1v) is 6.40. The maximum absolute atomic E-state index is 10.8. The molecule has 2 bridgehead atoms. The van der Waals surface area contributed by atoms with Crippen molar-refractivity contribution >= 4 is 11.7 Å². The lowest BCUT2D eigenvalue weighted by molar-refractivity contribution is 0.0503. The molecule has 2 amide bonds. The fourth-order valence-electron chi connectivity index (χ4n) is 6.40. The van der Waals surface area contributed by atoms with E-state index in [0.717, 1.165) is 41.4 Å². The van der Waals surface area contributed by atoms with Crippen molar-refractivity contribution in [1.29, 1.82) is 0 Å².